The van der Waals surface area contributed by atoms with Gasteiger partial charge in [-0.15, -0.1) is 0 Å². The third kappa shape index (κ3) is 4.98. The Bertz CT molecular complexity index is 941. The fourth-order valence-corrected chi connectivity index (χ4v) is 3.66. The Kier molecular flexibility index (Phi) is 5.50. The van der Waals surface area contributed by atoms with Crippen molar-refractivity contribution in [2.45, 2.75) is 43.4 Å². The number of hydrogen-bond acceptors (Lipinski definition) is 2. The van der Waals surface area contributed by atoms with Crippen molar-refractivity contribution in [3.63, 3.8) is 0 Å². The summed E-state index contributed by atoms with van der Waals surface area (Å²) in [6.07, 6.45) is -10.3. The number of nitrogens with one attached hydrogen (secondary N) is 1. The van der Waals surface area contributed by atoms with Gasteiger partial charge in [0.05, 0.1) is 21.7 Å². The molecular formula is C18H17F6NO2S. The number of alkyl halides is 6. The fourth-order valence-electron chi connectivity index (χ4n) is 2.51. The van der Waals surface area contributed by atoms with Crippen molar-refractivity contribution in [1.82, 2.24) is 0 Å². The molecular weight excluding hydrogens is 408 g/mol. The van der Waals surface area contributed by atoms with Gasteiger partial charge in [0.25, 0.3) is 10.0 Å². The zero-order chi connectivity index (χ0) is 21.5. The van der Waals surface area contributed by atoms with Crippen molar-refractivity contribution < 1.29 is 34.8 Å². The molecule has 154 valence electrons. The summed E-state index contributed by atoms with van der Waals surface area (Å²) in [5.41, 5.74) is -3.33. The molecule has 0 unspecified atom stereocenters. The first kappa shape index (κ1) is 22.1. The standard InChI is InChI=1S/C18H17F6NO2S/c1-16(2,3)14-6-4-5-7-15(14)25-28(26,27)13-9-11(17(19,20)21)8-12(10-13)18(22,23)24/h4-10,25H,1-3H3. The summed E-state index contributed by atoms with van der Waals surface area (Å²) in [5.74, 6) is 0. The summed E-state index contributed by atoms with van der Waals surface area (Å²) in [5, 5.41) is 0. The van der Waals surface area contributed by atoms with Gasteiger partial charge in [-0.3, -0.25) is 4.72 Å². The van der Waals surface area contributed by atoms with Gasteiger partial charge < -0.3 is 0 Å². The lowest BCUT2D eigenvalue weighted by molar-refractivity contribution is -0.143. The number of sulfonamides is 1. The molecule has 0 heterocycles. The number of benzene rings is 2. The van der Waals surface area contributed by atoms with Crippen LogP contribution < -0.4 is 4.72 Å². The van der Waals surface area contributed by atoms with E-state index in [1.54, 1.807) is 32.9 Å². The second kappa shape index (κ2) is 6.98. The largest absolute Gasteiger partial charge is 0.416 e. The predicted octanol–water partition coefficient (Wildman–Crippen LogP) is 5.82. The van der Waals surface area contributed by atoms with Crippen LogP contribution in [0, 0.1) is 0 Å². The summed E-state index contributed by atoms with van der Waals surface area (Å²) in [6.45, 7) is 5.35. The third-order valence-corrected chi connectivity index (χ3v) is 5.20. The minimum Gasteiger partial charge on any atom is -0.279 e. The summed E-state index contributed by atoms with van der Waals surface area (Å²) >= 11 is 0. The topological polar surface area (TPSA) is 46.2 Å². The number of rotatable bonds is 3. The molecule has 0 fully saturated rings. The van der Waals surface area contributed by atoms with E-state index in [0.717, 1.165) is 0 Å². The van der Waals surface area contributed by atoms with Gasteiger partial charge in [-0.2, -0.15) is 26.3 Å². The van der Waals surface area contributed by atoms with E-state index >= 15 is 0 Å². The molecule has 0 radical (unpaired) electrons. The van der Waals surface area contributed by atoms with Crippen molar-refractivity contribution in [3.8, 4) is 0 Å². The summed E-state index contributed by atoms with van der Waals surface area (Å²) in [6, 6.07) is 6.38. The van der Waals surface area contributed by atoms with Gasteiger partial charge in [0.1, 0.15) is 0 Å². The maximum Gasteiger partial charge on any atom is 0.416 e. The number of hydrogen-bond donors (Lipinski definition) is 1. The lowest BCUT2D eigenvalue weighted by Gasteiger charge is -2.23. The SMILES string of the molecule is CC(C)(C)c1ccccc1NS(=O)(=O)c1cc(C(F)(F)F)cc(C(F)(F)F)c1. The Hall–Kier alpha value is -2.23. The van der Waals surface area contributed by atoms with E-state index < -0.39 is 43.8 Å². The van der Waals surface area contributed by atoms with Gasteiger partial charge in [0.15, 0.2) is 0 Å². The molecule has 0 aliphatic carbocycles. The molecule has 1 N–H and O–H groups in total. The quantitative estimate of drug-likeness (QED) is 0.630. The molecule has 2 aromatic carbocycles. The van der Waals surface area contributed by atoms with Gasteiger partial charge >= 0.3 is 12.4 Å². The van der Waals surface area contributed by atoms with E-state index in [9.17, 15) is 34.8 Å². The Morgan fingerprint density at radius 2 is 1.25 bits per heavy atom. The smallest absolute Gasteiger partial charge is 0.279 e. The first-order valence-electron chi connectivity index (χ1n) is 7.93. The lowest BCUT2D eigenvalue weighted by atomic mass is 9.86. The average Bonchev–Trinajstić information content (AvgIpc) is 2.52. The normalized spacial score (nSPS) is 13.5. The zero-order valence-electron chi connectivity index (χ0n) is 15.0. The highest BCUT2D eigenvalue weighted by atomic mass is 32.2. The van der Waals surface area contributed by atoms with Crippen LogP contribution in [0.4, 0.5) is 32.0 Å². The van der Waals surface area contributed by atoms with Crippen molar-refractivity contribution in [1.29, 1.82) is 0 Å². The first-order chi connectivity index (χ1) is 12.5. The van der Waals surface area contributed by atoms with Gasteiger partial charge in [0, 0.05) is 0 Å². The highest BCUT2D eigenvalue weighted by molar-refractivity contribution is 7.92. The Labute approximate surface area is 158 Å². The molecule has 0 bridgehead atoms. The minimum atomic E-state index is -5.14. The van der Waals surface area contributed by atoms with E-state index in [-0.39, 0.29) is 23.9 Å². The Balaban J connectivity index is 2.61. The van der Waals surface area contributed by atoms with Gasteiger partial charge in [0.2, 0.25) is 0 Å². The molecule has 0 saturated carbocycles. The van der Waals surface area contributed by atoms with E-state index in [4.69, 9.17) is 0 Å². The van der Waals surface area contributed by atoms with Crippen molar-refractivity contribution in [3.05, 3.63) is 59.2 Å². The minimum absolute atomic E-state index is 0.0703. The third-order valence-electron chi connectivity index (χ3n) is 3.85. The van der Waals surface area contributed by atoms with E-state index in [2.05, 4.69) is 4.72 Å². The van der Waals surface area contributed by atoms with Gasteiger partial charge in [-0.05, 0) is 35.2 Å². The van der Waals surface area contributed by atoms with Crippen LogP contribution in [-0.4, -0.2) is 8.42 Å². The summed E-state index contributed by atoms with van der Waals surface area (Å²) < 4.78 is 105. The zero-order valence-corrected chi connectivity index (χ0v) is 15.9. The van der Waals surface area contributed by atoms with Crippen LogP contribution in [0.25, 0.3) is 0 Å². The number of halogens is 6. The van der Waals surface area contributed by atoms with Crippen LogP contribution in [0.1, 0.15) is 37.5 Å². The highest BCUT2D eigenvalue weighted by Gasteiger charge is 2.38. The molecule has 0 aliphatic rings. The average molecular weight is 425 g/mol. The predicted molar refractivity (Wildman–Crippen MR) is 92.4 cm³/mol. The molecule has 0 atom stereocenters. The monoisotopic (exact) mass is 425 g/mol. The Morgan fingerprint density at radius 3 is 1.68 bits per heavy atom. The van der Waals surface area contributed by atoms with Crippen LogP contribution >= 0.6 is 0 Å². The van der Waals surface area contributed by atoms with Crippen molar-refractivity contribution in [2.24, 2.45) is 0 Å². The Morgan fingerprint density at radius 1 is 0.786 bits per heavy atom. The molecule has 0 saturated heterocycles. The maximum atomic E-state index is 13.0. The van der Waals surface area contributed by atoms with Crippen molar-refractivity contribution >= 4 is 15.7 Å². The fraction of sp³-hybridized carbons (Fsp3) is 0.333. The molecule has 3 nitrogen and oxygen atoms in total. The molecule has 0 amide bonds. The van der Waals surface area contributed by atoms with E-state index in [0.29, 0.717) is 5.56 Å². The molecule has 28 heavy (non-hydrogen) atoms. The molecule has 10 heteroatoms. The summed E-state index contributed by atoms with van der Waals surface area (Å²) in [4.78, 5) is -1.13. The van der Waals surface area contributed by atoms with Gasteiger partial charge in [-0.25, -0.2) is 8.42 Å². The highest BCUT2D eigenvalue weighted by Crippen LogP contribution is 2.38. The molecule has 2 rings (SSSR count). The molecule has 0 aliphatic heterocycles. The van der Waals surface area contributed by atoms with E-state index in [1.807, 2.05) is 0 Å². The maximum absolute atomic E-state index is 13.0. The number of anilines is 1. The second-order valence-corrected chi connectivity index (χ2v) is 8.83. The number of para-hydroxylation sites is 1. The van der Waals surface area contributed by atoms with Crippen LogP contribution in [-0.2, 0) is 27.8 Å². The van der Waals surface area contributed by atoms with Crippen molar-refractivity contribution in [2.75, 3.05) is 4.72 Å². The van der Waals surface area contributed by atoms with Crippen LogP contribution in [0.2, 0.25) is 0 Å². The molecule has 2 aromatic rings. The summed E-state index contributed by atoms with van der Waals surface area (Å²) in [7, 11) is -4.71. The van der Waals surface area contributed by atoms with Gasteiger partial charge in [-0.1, -0.05) is 39.0 Å². The lowest BCUT2D eigenvalue weighted by Crippen LogP contribution is -2.20. The van der Waals surface area contributed by atoms with Crippen LogP contribution in [0.5, 0.6) is 0 Å². The molecule has 0 aromatic heterocycles. The molecule has 0 spiro atoms. The van der Waals surface area contributed by atoms with E-state index in [1.165, 1.54) is 12.1 Å². The van der Waals surface area contributed by atoms with Crippen LogP contribution in [0.3, 0.4) is 0 Å². The first-order valence-corrected chi connectivity index (χ1v) is 9.42. The van der Waals surface area contributed by atoms with Crippen LogP contribution in [0.15, 0.2) is 47.4 Å². The second-order valence-electron chi connectivity index (χ2n) is 7.14.